The molecule has 2 rings (SSSR count). The van der Waals surface area contributed by atoms with Crippen molar-refractivity contribution in [3.8, 4) is 0 Å². The highest BCUT2D eigenvalue weighted by Gasteiger charge is 2.46. The molecule has 0 bridgehead atoms. The molecule has 0 saturated heterocycles. The van der Waals surface area contributed by atoms with Gasteiger partial charge in [0.25, 0.3) is 0 Å². The van der Waals surface area contributed by atoms with Crippen LogP contribution in [0.3, 0.4) is 0 Å². The molecule has 0 spiro atoms. The molecule has 1 saturated carbocycles. The summed E-state index contributed by atoms with van der Waals surface area (Å²) in [7, 11) is 0. The monoisotopic (exact) mass is 178 g/mol. The summed E-state index contributed by atoms with van der Waals surface area (Å²) in [6.07, 6.45) is 2.35. The summed E-state index contributed by atoms with van der Waals surface area (Å²) in [6, 6.07) is 1.81. The first-order chi connectivity index (χ1) is 6.18. The van der Waals surface area contributed by atoms with Crippen LogP contribution in [0.1, 0.15) is 23.9 Å². The van der Waals surface area contributed by atoms with Crippen LogP contribution in [-0.2, 0) is 4.79 Å². The molecule has 0 radical (unpaired) electrons. The molecule has 13 heavy (non-hydrogen) atoms. The molecule has 1 unspecified atom stereocenters. The number of aliphatic carboxylic acids is 1. The Labute approximate surface area is 75.6 Å². The van der Waals surface area contributed by atoms with Gasteiger partial charge in [-0.2, -0.15) is 0 Å². The van der Waals surface area contributed by atoms with Crippen LogP contribution in [0.2, 0.25) is 0 Å². The molecule has 68 valence electrons. The minimum absolute atomic E-state index is 0.0393. The highest BCUT2D eigenvalue weighted by atomic mass is 16.4. The van der Waals surface area contributed by atoms with E-state index in [1.165, 1.54) is 0 Å². The molecule has 2 atom stereocenters. The van der Waals surface area contributed by atoms with E-state index in [4.69, 9.17) is 5.11 Å². The largest absolute Gasteiger partial charge is 0.481 e. The summed E-state index contributed by atoms with van der Waals surface area (Å²) in [5.74, 6) is -0.290. The first kappa shape index (κ1) is 8.16. The number of rotatable bonds is 2. The maximum absolute atomic E-state index is 10.6. The van der Waals surface area contributed by atoms with Crippen molar-refractivity contribution in [2.45, 2.75) is 19.3 Å². The number of hydrogen-bond donors (Lipinski definition) is 1. The third kappa shape index (κ3) is 1.52. The van der Waals surface area contributed by atoms with Crippen molar-refractivity contribution in [1.82, 2.24) is 9.97 Å². The zero-order valence-electron chi connectivity index (χ0n) is 7.27. The van der Waals surface area contributed by atoms with Gasteiger partial charge in [0, 0.05) is 17.8 Å². The van der Waals surface area contributed by atoms with Gasteiger partial charge in [0.05, 0.1) is 5.92 Å². The number of carbonyl (C=O) groups is 1. The van der Waals surface area contributed by atoms with E-state index in [1.807, 2.05) is 13.0 Å². The molecule has 1 heterocycles. The van der Waals surface area contributed by atoms with Crippen molar-refractivity contribution in [1.29, 1.82) is 0 Å². The van der Waals surface area contributed by atoms with Crippen LogP contribution in [0.15, 0.2) is 12.3 Å². The first-order valence-corrected chi connectivity index (χ1v) is 4.21. The van der Waals surface area contributed by atoms with Gasteiger partial charge in [0.15, 0.2) is 0 Å². The van der Waals surface area contributed by atoms with Gasteiger partial charge in [-0.05, 0) is 19.4 Å². The molecule has 0 aromatic carbocycles. The van der Waals surface area contributed by atoms with Crippen LogP contribution in [0.4, 0.5) is 0 Å². The van der Waals surface area contributed by atoms with Crippen molar-refractivity contribution in [2.75, 3.05) is 0 Å². The van der Waals surface area contributed by atoms with Crippen molar-refractivity contribution < 1.29 is 9.90 Å². The second-order valence-corrected chi connectivity index (χ2v) is 3.34. The van der Waals surface area contributed by atoms with Gasteiger partial charge in [-0.25, -0.2) is 9.97 Å². The van der Waals surface area contributed by atoms with E-state index in [-0.39, 0.29) is 11.8 Å². The highest BCUT2D eigenvalue weighted by Crippen LogP contribution is 2.45. The number of nitrogens with zero attached hydrogens (tertiary/aromatic N) is 2. The molecule has 1 fully saturated rings. The second-order valence-electron chi connectivity index (χ2n) is 3.34. The van der Waals surface area contributed by atoms with Crippen LogP contribution in [0.25, 0.3) is 0 Å². The average Bonchev–Trinajstić information content (AvgIpc) is 2.82. The molecular formula is C9H10N2O2. The number of carboxylic acids is 1. The summed E-state index contributed by atoms with van der Waals surface area (Å²) in [5, 5.41) is 8.70. The smallest absolute Gasteiger partial charge is 0.307 e. The lowest BCUT2D eigenvalue weighted by Gasteiger charge is -1.97. The first-order valence-electron chi connectivity index (χ1n) is 4.21. The molecule has 1 aromatic heterocycles. The van der Waals surface area contributed by atoms with Crippen LogP contribution in [0, 0.1) is 12.8 Å². The molecule has 1 aliphatic rings. The predicted molar refractivity (Wildman–Crippen MR) is 45.3 cm³/mol. The van der Waals surface area contributed by atoms with Crippen LogP contribution < -0.4 is 0 Å². The Balaban J connectivity index is 2.16. The van der Waals surface area contributed by atoms with E-state index in [2.05, 4.69) is 9.97 Å². The van der Waals surface area contributed by atoms with Gasteiger partial charge in [-0.15, -0.1) is 0 Å². The molecule has 1 N–H and O–H groups in total. The topological polar surface area (TPSA) is 63.1 Å². The molecule has 0 amide bonds. The highest BCUT2D eigenvalue weighted by molar-refractivity contribution is 5.74. The molecule has 1 aliphatic carbocycles. The minimum atomic E-state index is -0.741. The van der Waals surface area contributed by atoms with Crippen molar-refractivity contribution in [2.24, 2.45) is 5.92 Å². The second kappa shape index (κ2) is 2.80. The van der Waals surface area contributed by atoms with Gasteiger partial charge >= 0.3 is 5.97 Å². The molecule has 1 aromatic rings. The standard InChI is InChI=1S/C9H10N2O2/c1-5-2-3-10-8(11-5)6-4-7(6)9(12)13/h2-3,6-7H,4H2,1H3,(H,12,13)/t6?,7-/m0/s1. The van der Waals surface area contributed by atoms with Crippen LogP contribution in [0.5, 0.6) is 0 Å². The lowest BCUT2D eigenvalue weighted by atomic mass is 10.3. The summed E-state index contributed by atoms with van der Waals surface area (Å²) in [5.41, 5.74) is 0.890. The number of aromatic nitrogens is 2. The van der Waals surface area contributed by atoms with E-state index >= 15 is 0 Å². The molecule has 4 nitrogen and oxygen atoms in total. The van der Waals surface area contributed by atoms with Crippen molar-refractivity contribution >= 4 is 5.97 Å². The summed E-state index contributed by atoms with van der Waals surface area (Å²) in [4.78, 5) is 18.8. The van der Waals surface area contributed by atoms with Gasteiger partial charge in [0.2, 0.25) is 0 Å². The maximum Gasteiger partial charge on any atom is 0.307 e. The van der Waals surface area contributed by atoms with E-state index in [0.29, 0.717) is 12.2 Å². The SMILES string of the molecule is Cc1ccnc(C2C[C@@H]2C(=O)O)n1. The Hall–Kier alpha value is -1.45. The Morgan fingerprint density at radius 3 is 3.00 bits per heavy atom. The van der Waals surface area contributed by atoms with Crippen LogP contribution in [-0.4, -0.2) is 21.0 Å². The number of carboxylic acid groups (broad SMARTS) is 1. The molecule has 0 aliphatic heterocycles. The predicted octanol–water partition coefficient (Wildman–Crippen LogP) is 0.973. The van der Waals surface area contributed by atoms with E-state index in [9.17, 15) is 4.79 Å². The van der Waals surface area contributed by atoms with E-state index in [0.717, 1.165) is 5.69 Å². The summed E-state index contributed by atoms with van der Waals surface area (Å²) in [6.45, 7) is 1.88. The van der Waals surface area contributed by atoms with E-state index < -0.39 is 5.97 Å². The number of hydrogen-bond acceptors (Lipinski definition) is 3. The fourth-order valence-corrected chi connectivity index (χ4v) is 1.40. The number of aryl methyl sites for hydroxylation is 1. The van der Waals surface area contributed by atoms with Gasteiger partial charge in [-0.3, -0.25) is 4.79 Å². The zero-order chi connectivity index (χ0) is 9.42. The van der Waals surface area contributed by atoms with Gasteiger partial charge in [-0.1, -0.05) is 0 Å². The average molecular weight is 178 g/mol. The molecular weight excluding hydrogens is 168 g/mol. The lowest BCUT2D eigenvalue weighted by Crippen LogP contribution is -2.01. The molecule has 4 heteroatoms. The summed E-state index contributed by atoms with van der Waals surface area (Å²) < 4.78 is 0. The minimum Gasteiger partial charge on any atom is -0.481 e. The third-order valence-corrected chi connectivity index (χ3v) is 2.25. The third-order valence-electron chi connectivity index (χ3n) is 2.25. The lowest BCUT2D eigenvalue weighted by molar-refractivity contribution is -0.138. The van der Waals surface area contributed by atoms with Crippen LogP contribution >= 0.6 is 0 Å². The van der Waals surface area contributed by atoms with Gasteiger partial charge < -0.3 is 5.11 Å². The quantitative estimate of drug-likeness (QED) is 0.733. The van der Waals surface area contributed by atoms with Crippen molar-refractivity contribution in [3.05, 3.63) is 23.8 Å². The van der Waals surface area contributed by atoms with Crippen molar-refractivity contribution in [3.63, 3.8) is 0 Å². The Morgan fingerprint density at radius 1 is 1.69 bits per heavy atom. The maximum atomic E-state index is 10.6. The van der Waals surface area contributed by atoms with Gasteiger partial charge in [0.1, 0.15) is 5.82 Å². The normalized spacial score (nSPS) is 25.6. The fraction of sp³-hybridized carbons (Fsp3) is 0.444. The zero-order valence-corrected chi connectivity index (χ0v) is 7.27. The fourth-order valence-electron chi connectivity index (χ4n) is 1.40. The Kier molecular flexibility index (Phi) is 1.76. The van der Waals surface area contributed by atoms with E-state index in [1.54, 1.807) is 6.20 Å². The Bertz CT molecular complexity index is 351. The summed E-state index contributed by atoms with van der Waals surface area (Å²) >= 11 is 0. The Morgan fingerprint density at radius 2 is 2.46 bits per heavy atom.